The van der Waals surface area contributed by atoms with Crippen LogP contribution in [-0.2, 0) is 4.79 Å². The average molecular weight is 378 g/mol. The monoisotopic (exact) mass is 378 g/mol. The van der Waals surface area contributed by atoms with Crippen molar-refractivity contribution in [2.75, 3.05) is 0 Å². The van der Waals surface area contributed by atoms with E-state index in [0.717, 1.165) is 17.0 Å². The Labute approximate surface area is 161 Å². The molecule has 0 saturated carbocycles. The maximum Gasteiger partial charge on any atom is 0.283 e. The molecule has 0 bridgehead atoms. The summed E-state index contributed by atoms with van der Waals surface area (Å²) in [4.78, 5) is 16.5. The summed E-state index contributed by atoms with van der Waals surface area (Å²) in [6.07, 6.45) is 2.34. The second kappa shape index (κ2) is 7.00. The predicted molar refractivity (Wildman–Crippen MR) is 109 cm³/mol. The van der Waals surface area contributed by atoms with Crippen LogP contribution in [0.2, 0.25) is 0 Å². The van der Waals surface area contributed by atoms with Crippen molar-refractivity contribution in [3.05, 3.63) is 53.8 Å². The van der Waals surface area contributed by atoms with Gasteiger partial charge in [-0.25, -0.2) is 0 Å². The fraction of sp³-hybridized carbons (Fsp3) is 0.200. The SMILES string of the molecule is CC(C)CC1=NN2C(=N)/C(=C/c3ccc(-c4ccccc4)o3)C(=O)N=C2S1. The van der Waals surface area contributed by atoms with Crippen molar-refractivity contribution in [1.82, 2.24) is 5.01 Å². The Hall–Kier alpha value is -2.93. The third-order valence-corrected chi connectivity index (χ3v) is 4.98. The van der Waals surface area contributed by atoms with E-state index >= 15 is 0 Å². The van der Waals surface area contributed by atoms with Gasteiger partial charge < -0.3 is 4.42 Å². The van der Waals surface area contributed by atoms with E-state index in [1.807, 2.05) is 36.4 Å². The van der Waals surface area contributed by atoms with Gasteiger partial charge in [0.25, 0.3) is 5.91 Å². The highest BCUT2D eigenvalue weighted by Crippen LogP contribution is 2.31. The topological polar surface area (TPSA) is 82.0 Å². The Kier molecular flexibility index (Phi) is 4.53. The molecule has 1 amide bonds. The molecule has 1 N–H and O–H groups in total. The number of benzene rings is 1. The standard InChI is InChI=1S/C20H18N4O2S/c1-12(2)10-17-23-24-18(21)15(19(25)22-20(24)27-17)11-14-8-9-16(26-14)13-6-4-3-5-7-13/h3-9,11-12,21H,10H2,1-2H3/b15-11-,21-18?. The van der Waals surface area contributed by atoms with Gasteiger partial charge in [0.2, 0.25) is 5.17 Å². The number of rotatable bonds is 4. The number of furan rings is 1. The normalized spacial score (nSPS) is 18.2. The fourth-order valence-corrected chi connectivity index (χ4v) is 3.89. The molecule has 2 aromatic rings. The Balaban J connectivity index is 1.62. The molecule has 0 aliphatic carbocycles. The van der Waals surface area contributed by atoms with Crippen molar-refractivity contribution in [3.63, 3.8) is 0 Å². The summed E-state index contributed by atoms with van der Waals surface area (Å²) < 4.78 is 5.82. The van der Waals surface area contributed by atoms with E-state index in [-0.39, 0.29) is 11.4 Å². The minimum atomic E-state index is -0.447. The number of nitrogens with zero attached hydrogens (tertiary/aromatic N) is 3. The molecule has 1 aromatic carbocycles. The number of hydrogen-bond acceptors (Lipinski definition) is 5. The van der Waals surface area contributed by atoms with Gasteiger partial charge in [0.15, 0.2) is 5.84 Å². The van der Waals surface area contributed by atoms with Crippen molar-refractivity contribution >= 4 is 39.8 Å². The van der Waals surface area contributed by atoms with Gasteiger partial charge in [0.1, 0.15) is 16.6 Å². The van der Waals surface area contributed by atoms with Crippen LogP contribution in [0, 0.1) is 11.3 Å². The van der Waals surface area contributed by atoms with Gasteiger partial charge in [0, 0.05) is 12.0 Å². The molecule has 27 heavy (non-hydrogen) atoms. The van der Waals surface area contributed by atoms with Crippen molar-refractivity contribution in [3.8, 4) is 11.3 Å². The Morgan fingerprint density at radius 2 is 2.00 bits per heavy atom. The number of carbonyl (C=O) groups excluding carboxylic acids is 1. The van der Waals surface area contributed by atoms with Gasteiger partial charge in [-0.15, -0.1) is 0 Å². The summed E-state index contributed by atoms with van der Waals surface area (Å²) in [7, 11) is 0. The third-order valence-electron chi connectivity index (χ3n) is 4.05. The number of thioether (sulfide) groups is 1. The van der Waals surface area contributed by atoms with Gasteiger partial charge in [-0.1, -0.05) is 44.2 Å². The van der Waals surface area contributed by atoms with Crippen molar-refractivity contribution in [2.45, 2.75) is 20.3 Å². The maximum absolute atomic E-state index is 12.4. The zero-order chi connectivity index (χ0) is 19.0. The van der Waals surface area contributed by atoms with Crippen LogP contribution in [0.4, 0.5) is 0 Å². The highest BCUT2D eigenvalue weighted by atomic mass is 32.2. The van der Waals surface area contributed by atoms with Gasteiger partial charge >= 0.3 is 0 Å². The van der Waals surface area contributed by atoms with Crippen LogP contribution in [0.1, 0.15) is 26.0 Å². The van der Waals surface area contributed by atoms with Crippen LogP contribution >= 0.6 is 11.8 Å². The molecule has 0 fully saturated rings. The molecule has 0 radical (unpaired) electrons. The molecule has 0 spiro atoms. The highest BCUT2D eigenvalue weighted by Gasteiger charge is 2.35. The molecule has 0 saturated heterocycles. The maximum atomic E-state index is 12.4. The smallest absolute Gasteiger partial charge is 0.283 e. The second-order valence-corrected chi connectivity index (χ2v) is 7.72. The lowest BCUT2D eigenvalue weighted by Gasteiger charge is -2.19. The average Bonchev–Trinajstić information content (AvgIpc) is 3.26. The molecule has 136 valence electrons. The zero-order valence-corrected chi connectivity index (χ0v) is 15.8. The fourth-order valence-electron chi connectivity index (χ4n) is 2.79. The largest absolute Gasteiger partial charge is 0.457 e. The molecule has 3 heterocycles. The molecule has 7 heteroatoms. The van der Waals surface area contributed by atoms with E-state index in [1.165, 1.54) is 16.8 Å². The van der Waals surface area contributed by atoms with E-state index in [9.17, 15) is 4.79 Å². The molecular weight excluding hydrogens is 360 g/mol. The van der Waals surface area contributed by atoms with Gasteiger partial charge in [-0.3, -0.25) is 10.2 Å². The summed E-state index contributed by atoms with van der Waals surface area (Å²) in [6.45, 7) is 4.20. The van der Waals surface area contributed by atoms with E-state index in [1.54, 1.807) is 12.1 Å². The van der Waals surface area contributed by atoms with Crippen molar-refractivity contribution in [2.24, 2.45) is 16.0 Å². The van der Waals surface area contributed by atoms with Gasteiger partial charge in [-0.05, 0) is 35.9 Å². The number of hydrazone groups is 1. The van der Waals surface area contributed by atoms with Crippen LogP contribution in [0.15, 0.2) is 62.5 Å². The van der Waals surface area contributed by atoms with Crippen LogP contribution in [0.5, 0.6) is 0 Å². The number of amidine groups is 2. The first-order chi connectivity index (χ1) is 13.0. The van der Waals surface area contributed by atoms with Crippen LogP contribution in [0.3, 0.4) is 0 Å². The van der Waals surface area contributed by atoms with Gasteiger partial charge in [-0.2, -0.15) is 15.1 Å². The Morgan fingerprint density at radius 3 is 2.74 bits per heavy atom. The molecule has 0 unspecified atom stereocenters. The van der Waals surface area contributed by atoms with Crippen LogP contribution < -0.4 is 0 Å². The Morgan fingerprint density at radius 1 is 1.22 bits per heavy atom. The molecular formula is C20H18N4O2S. The lowest BCUT2D eigenvalue weighted by molar-refractivity contribution is -0.114. The van der Waals surface area contributed by atoms with Gasteiger partial charge in [0.05, 0.1) is 5.57 Å². The van der Waals surface area contributed by atoms with Crippen molar-refractivity contribution in [1.29, 1.82) is 5.41 Å². The minimum Gasteiger partial charge on any atom is -0.457 e. The molecule has 2 aliphatic rings. The van der Waals surface area contributed by atoms with E-state index < -0.39 is 5.91 Å². The Bertz CT molecular complexity index is 1000. The third kappa shape index (κ3) is 3.50. The molecule has 2 aliphatic heterocycles. The van der Waals surface area contributed by atoms with Crippen molar-refractivity contribution < 1.29 is 9.21 Å². The van der Waals surface area contributed by atoms with Crippen LogP contribution in [0.25, 0.3) is 17.4 Å². The number of nitrogens with one attached hydrogen (secondary N) is 1. The number of hydrogen-bond donors (Lipinski definition) is 1. The summed E-state index contributed by atoms with van der Waals surface area (Å²) in [5, 5.41) is 15.6. The summed E-state index contributed by atoms with van der Waals surface area (Å²) >= 11 is 1.35. The predicted octanol–water partition coefficient (Wildman–Crippen LogP) is 4.61. The number of amides is 1. The first-order valence-corrected chi connectivity index (χ1v) is 9.47. The zero-order valence-electron chi connectivity index (χ0n) is 15.0. The minimum absolute atomic E-state index is 0.0221. The quantitative estimate of drug-likeness (QED) is 0.788. The number of carbonyl (C=O) groups is 1. The molecule has 0 atom stereocenters. The second-order valence-electron chi connectivity index (χ2n) is 6.68. The van der Waals surface area contributed by atoms with E-state index in [0.29, 0.717) is 22.6 Å². The lowest BCUT2D eigenvalue weighted by atomic mass is 10.1. The first kappa shape index (κ1) is 17.5. The summed E-state index contributed by atoms with van der Waals surface area (Å²) in [5.74, 6) is 1.22. The van der Waals surface area contributed by atoms with E-state index in [2.05, 4.69) is 23.9 Å². The first-order valence-electron chi connectivity index (χ1n) is 8.65. The van der Waals surface area contributed by atoms with Crippen LogP contribution in [-0.4, -0.2) is 27.0 Å². The molecule has 4 rings (SSSR count). The highest BCUT2D eigenvalue weighted by molar-refractivity contribution is 8.26. The summed E-state index contributed by atoms with van der Waals surface area (Å²) in [5.41, 5.74) is 1.12. The number of aliphatic imine (C=N–C) groups is 1. The molecule has 6 nitrogen and oxygen atoms in total. The molecule has 1 aromatic heterocycles. The number of fused-ring (bicyclic) bond motifs is 1. The van der Waals surface area contributed by atoms with E-state index in [4.69, 9.17) is 9.83 Å². The summed E-state index contributed by atoms with van der Waals surface area (Å²) in [6, 6.07) is 13.3. The lowest BCUT2D eigenvalue weighted by Crippen LogP contribution is -2.35.